The van der Waals surface area contributed by atoms with Gasteiger partial charge in [-0.25, -0.2) is 4.79 Å². The van der Waals surface area contributed by atoms with E-state index in [1.807, 2.05) is 6.07 Å². The molecule has 2 heterocycles. The van der Waals surface area contributed by atoms with Crippen molar-refractivity contribution in [3.8, 4) is 0 Å². The Morgan fingerprint density at radius 3 is 3.19 bits per heavy atom. The van der Waals surface area contributed by atoms with Gasteiger partial charge in [-0.1, -0.05) is 0 Å². The van der Waals surface area contributed by atoms with Crippen molar-refractivity contribution in [2.45, 2.75) is 18.9 Å². The number of benzene rings is 1. The second kappa shape index (κ2) is 3.40. The first-order chi connectivity index (χ1) is 7.75. The molecule has 3 rings (SSSR count). The minimum absolute atomic E-state index is 0.351. The molecule has 1 saturated heterocycles. The van der Waals surface area contributed by atoms with Crippen LogP contribution in [0.5, 0.6) is 0 Å². The molecule has 0 aliphatic carbocycles. The molecule has 2 aliphatic rings. The van der Waals surface area contributed by atoms with Crippen LogP contribution in [0.2, 0.25) is 0 Å². The summed E-state index contributed by atoms with van der Waals surface area (Å²) >= 11 is 0. The van der Waals surface area contributed by atoms with E-state index in [9.17, 15) is 4.79 Å². The van der Waals surface area contributed by atoms with Crippen molar-refractivity contribution in [1.29, 1.82) is 0 Å². The van der Waals surface area contributed by atoms with Gasteiger partial charge in [-0.15, -0.1) is 0 Å². The molecule has 0 saturated carbocycles. The number of anilines is 2. The van der Waals surface area contributed by atoms with Crippen LogP contribution in [0.15, 0.2) is 18.2 Å². The number of rotatable bonds is 1. The van der Waals surface area contributed by atoms with E-state index in [-0.39, 0.29) is 0 Å². The van der Waals surface area contributed by atoms with Crippen LogP contribution in [0.25, 0.3) is 0 Å². The Balaban J connectivity index is 2.02. The predicted octanol–water partition coefficient (Wildman–Crippen LogP) is 1.78. The first kappa shape index (κ1) is 9.51. The SMILES string of the molecule is O=C(O)c1ccc2c(c1)NC[C@@H]1CCCN21. The molecular weight excluding hydrogens is 204 g/mol. The third-order valence-electron chi connectivity index (χ3n) is 3.46. The van der Waals surface area contributed by atoms with E-state index in [2.05, 4.69) is 10.2 Å². The summed E-state index contributed by atoms with van der Waals surface area (Å²) in [6.45, 7) is 2.02. The number of hydrogen-bond donors (Lipinski definition) is 2. The summed E-state index contributed by atoms with van der Waals surface area (Å²) in [5, 5.41) is 12.3. The van der Waals surface area contributed by atoms with Crippen LogP contribution in [-0.4, -0.2) is 30.2 Å². The largest absolute Gasteiger partial charge is 0.478 e. The molecular formula is C12H14N2O2. The van der Waals surface area contributed by atoms with Gasteiger partial charge in [-0.2, -0.15) is 0 Å². The van der Waals surface area contributed by atoms with Crippen LogP contribution in [0.4, 0.5) is 11.4 Å². The first-order valence-corrected chi connectivity index (χ1v) is 5.63. The molecule has 0 spiro atoms. The fourth-order valence-electron chi connectivity index (χ4n) is 2.65. The number of nitrogens with one attached hydrogen (secondary N) is 1. The van der Waals surface area contributed by atoms with Gasteiger partial charge < -0.3 is 15.3 Å². The number of hydrogen-bond acceptors (Lipinski definition) is 3. The Hall–Kier alpha value is -1.71. The molecule has 1 atom stereocenters. The van der Waals surface area contributed by atoms with Gasteiger partial charge in [0.25, 0.3) is 0 Å². The van der Waals surface area contributed by atoms with E-state index in [4.69, 9.17) is 5.11 Å². The number of carboxylic acid groups (broad SMARTS) is 1. The lowest BCUT2D eigenvalue weighted by atomic mass is 10.1. The van der Waals surface area contributed by atoms with E-state index in [1.54, 1.807) is 12.1 Å². The third-order valence-corrected chi connectivity index (χ3v) is 3.46. The summed E-state index contributed by atoms with van der Waals surface area (Å²) in [4.78, 5) is 13.3. The molecule has 2 N–H and O–H groups in total. The minimum Gasteiger partial charge on any atom is -0.478 e. The van der Waals surface area contributed by atoms with Crippen molar-refractivity contribution >= 4 is 17.3 Å². The van der Waals surface area contributed by atoms with Gasteiger partial charge in [-0.05, 0) is 31.0 Å². The van der Waals surface area contributed by atoms with Gasteiger partial charge in [0.2, 0.25) is 0 Å². The average Bonchev–Trinajstić information content (AvgIpc) is 2.76. The Labute approximate surface area is 93.9 Å². The van der Waals surface area contributed by atoms with Crippen LogP contribution in [-0.2, 0) is 0 Å². The molecule has 0 unspecified atom stereocenters. The number of aromatic carboxylic acids is 1. The van der Waals surface area contributed by atoms with E-state index in [0.29, 0.717) is 11.6 Å². The predicted molar refractivity (Wildman–Crippen MR) is 62.3 cm³/mol. The number of carbonyl (C=O) groups is 1. The van der Waals surface area contributed by atoms with E-state index in [1.165, 1.54) is 12.8 Å². The van der Waals surface area contributed by atoms with Crippen LogP contribution in [0.1, 0.15) is 23.2 Å². The van der Waals surface area contributed by atoms with Gasteiger partial charge in [0.05, 0.1) is 16.9 Å². The van der Waals surface area contributed by atoms with Crippen LogP contribution in [0, 0.1) is 0 Å². The second-order valence-electron chi connectivity index (χ2n) is 4.41. The van der Waals surface area contributed by atoms with Crippen LogP contribution < -0.4 is 10.2 Å². The summed E-state index contributed by atoms with van der Waals surface area (Å²) in [6, 6.07) is 5.92. The topological polar surface area (TPSA) is 52.6 Å². The smallest absolute Gasteiger partial charge is 0.335 e. The van der Waals surface area contributed by atoms with E-state index < -0.39 is 5.97 Å². The lowest BCUT2D eigenvalue weighted by molar-refractivity contribution is 0.0697. The Morgan fingerprint density at radius 2 is 2.38 bits per heavy atom. The van der Waals surface area contributed by atoms with Crippen molar-refractivity contribution < 1.29 is 9.90 Å². The Morgan fingerprint density at radius 1 is 1.50 bits per heavy atom. The van der Waals surface area contributed by atoms with E-state index >= 15 is 0 Å². The number of fused-ring (bicyclic) bond motifs is 3. The highest BCUT2D eigenvalue weighted by atomic mass is 16.4. The maximum absolute atomic E-state index is 10.9. The van der Waals surface area contributed by atoms with Crippen molar-refractivity contribution in [2.24, 2.45) is 0 Å². The van der Waals surface area contributed by atoms with Gasteiger partial charge in [0, 0.05) is 19.1 Å². The molecule has 4 nitrogen and oxygen atoms in total. The summed E-state index contributed by atoms with van der Waals surface area (Å²) < 4.78 is 0. The lowest BCUT2D eigenvalue weighted by Crippen LogP contribution is -2.39. The molecule has 0 radical (unpaired) electrons. The zero-order chi connectivity index (χ0) is 11.1. The maximum atomic E-state index is 10.9. The van der Waals surface area contributed by atoms with Gasteiger partial charge >= 0.3 is 5.97 Å². The molecule has 1 fully saturated rings. The zero-order valence-electron chi connectivity index (χ0n) is 8.94. The second-order valence-corrected chi connectivity index (χ2v) is 4.41. The Kier molecular flexibility index (Phi) is 2.02. The Bertz CT molecular complexity index is 445. The third kappa shape index (κ3) is 1.33. The highest BCUT2D eigenvalue weighted by Gasteiger charge is 2.30. The minimum atomic E-state index is -0.867. The first-order valence-electron chi connectivity index (χ1n) is 5.63. The number of nitrogens with zero attached hydrogens (tertiary/aromatic N) is 1. The van der Waals surface area contributed by atoms with Crippen molar-refractivity contribution in [1.82, 2.24) is 0 Å². The van der Waals surface area contributed by atoms with Crippen molar-refractivity contribution in [3.63, 3.8) is 0 Å². The van der Waals surface area contributed by atoms with Gasteiger partial charge in [0.1, 0.15) is 0 Å². The molecule has 1 aromatic rings. The molecule has 0 amide bonds. The van der Waals surface area contributed by atoms with Crippen molar-refractivity contribution in [2.75, 3.05) is 23.3 Å². The molecule has 0 bridgehead atoms. The standard InChI is InChI=1S/C12H14N2O2/c15-12(16)8-3-4-11-10(6-8)13-7-9-2-1-5-14(9)11/h3-4,6,9,13H,1-2,5,7H2,(H,15,16)/t9-/m0/s1. The highest BCUT2D eigenvalue weighted by molar-refractivity contribution is 5.91. The molecule has 0 aromatic heterocycles. The van der Waals surface area contributed by atoms with Crippen LogP contribution in [0.3, 0.4) is 0 Å². The maximum Gasteiger partial charge on any atom is 0.335 e. The quantitative estimate of drug-likeness (QED) is 0.754. The number of carboxylic acids is 1. The fraction of sp³-hybridized carbons (Fsp3) is 0.417. The molecule has 4 heteroatoms. The average molecular weight is 218 g/mol. The summed E-state index contributed by atoms with van der Waals surface area (Å²) in [5.74, 6) is -0.867. The summed E-state index contributed by atoms with van der Waals surface area (Å²) in [5.41, 5.74) is 2.46. The van der Waals surface area contributed by atoms with E-state index in [0.717, 1.165) is 24.5 Å². The fourth-order valence-corrected chi connectivity index (χ4v) is 2.65. The van der Waals surface area contributed by atoms with Crippen molar-refractivity contribution in [3.05, 3.63) is 23.8 Å². The molecule has 16 heavy (non-hydrogen) atoms. The summed E-state index contributed by atoms with van der Waals surface area (Å²) in [7, 11) is 0. The normalized spacial score (nSPS) is 22.2. The zero-order valence-corrected chi connectivity index (χ0v) is 8.94. The lowest BCUT2D eigenvalue weighted by Gasteiger charge is -2.34. The molecule has 1 aromatic carbocycles. The summed E-state index contributed by atoms with van der Waals surface area (Å²) in [6.07, 6.45) is 2.46. The molecule has 84 valence electrons. The monoisotopic (exact) mass is 218 g/mol. The van der Waals surface area contributed by atoms with Crippen LogP contribution >= 0.6 is 0 Å². The van der Waals surface area contributed by atoms with Gasteiger partial charge in [-0.3, -0.25) is 0 Å². The molecule has 2 aliphatic heterocycles. The van der Waals surface area contributed by atoms with Gasteiger partial charge in [0.15, 0.2) is 0 Å². The highest BCUT2D eigenvalue weighted by Crippen LogP contribution is 2.36.